The molecule has 0 bridgehead atoms. The zero-order valence-corrected chi connectivity index (χ0v) is 9.21. The molecule has 3 aliphatic rings. The standard InChI is InChI=1S/C12H13NO3/c1-13-8-6-4-3-5-7(8)12(11(13)16-12)9-10(14-2)15-9/h3-6,9-11H,1-2H3/t9-,10+,11?,12?/m0/s1. The summed E-state index contributed by atoms with van der Waals surface area (Å²) in [6, 6.07) is 8.34. The second-order valence-corrected chi connectivity index (χ2v) is 4.55. The number of rotatable bonds is 2. The summed E-state index contributed by atoms with van der Waals surface area (Å²) in [5, 5.41) is 0. The molecule has 4 heteroatoms. The lowest BCUT2D eigenvalue weighted by molar-refractivity contribution is 0.0950. The van der Waals surface area contributed by atoms with E-state index < -0.39 is 0 Å². The summed E-state index contributed by atoms with van der Waals surface area (Å²) in [6.45, 7) is 0. The quantitative estimate of drug-likeness (QED) is 0.697. The molecule has 2 saturated heterocycles. The third-order valence-electron chi connectivity index (χ3n) is 3.78. The van der Waals surface area contributed by atoms with Gasteiger partial charge in [-0.2, -0.15) is 0 Å². The third kappa shape index (κ3) is 0.830. The van der Waals surface area contributed by atoms with Gasteiger partial charge < -0.3 is 19.1 Å². The third-order valence-corrected chi connectivity index (χ3v) is 3.78. The molecule has 0 radical (unpaired) electrons. The molecule has 2 fully saturated rings. The van der Waals surface area contributed by atoms with Gasteiger partial charge >= 0.3 is 0 Å². The zero-order valence-electron chi connectivity index (χ0n) is 9.21. The van der Waals surface area contributed by atoms with Crippen LogP contribution in [-0.4, -0.2) is 32.8 Å². The SMILES string of the molecule is CO[C@@H]1O[C@@H]1C12OC1N(C)c1ccccc12. The van der Waals surface area contributed by atoms with Crippen molar-refractivity contribution < 1.29 is 14.2 Å². The summed E-state index contributed by atoms with van der Waals surface area (Å²) < 4.78 is 16.6. The Morgan fingerprint density at radius 3 is 2.94 bits per heavy atom. The first-order chi connectivity index (χ1) is 7.79. The number of fused-ring (bicyclic) bond motifs is 3. The maximum absolute atomic E-state index is 5.86. The molecule has 16 heavy (non-hydrogen) atoms. The van der Waals surface area contributed by atoms with Gasteiger partial charge in [0.2, 0.25) is 0 Å². The minimum Gasteiger partial charge on any atom is -0.353 e. The molecular weight excluding hydrogens is 206 g/mol. The predicted molar refractivity (Wildman–Crippen MR) is 57.1 cm³/mol. The average Bonchev–Trinajstić information content (AvgIpc) is 3.20. The van der Waals surface area contributed by atoms with Crippen molar-refractivity contribution >= 4 is 5.69 Å². The minimum atomic E-state index is -0.272. The second kappa shape index (κ2) is 2.59. The van der Waals surface area contributed by atoms with Crippen molar-refractivity contribution in [3.05, 3.63) is 29.8 Å². The highest BCUT2D eigenvalue weighted by Gasteiger charge is 2.76. The maximum Gasteiger partial charge on any atom is 0.187 e. The van der Waals surface area contributed by atoms with Crippen LogP contribution in [0.25, 0.3) is 0 Å². The van der Waals surface area contributed by atoms with Crippen LogP contribution in [0.4, 0.5) is 5.69 Å². The normalized spacial score (nSPS) is 42.9. The lowest BCUT2D eigenvalue weighted by atomic mass is 9.96. The molecule has 4 atom stereocenters. The molecule has 4 rings (SSSR count). The highest BCUT2D eigenvalue weighted by Crippen LogP contribution is 2.64. The molecule has 84 valence electrons. The van der Waals surface area contributed by atoms with E-state index in [1.165, 1.54) is 11.3 Å². The topological polar surface area (TPSA) is 37.5 Å². The fourth-order valence-electron chi connectivity index (χ4n) is 2.89. The van der Waals surface area contributed by atoms with Crippen LogP contribution in [0.3, 0.4) is 0 Å². The molecule has 0 spiro atoms. The van der Waals surface area contributed by atoms with Crippen LogP contribution in [0, 0.1) is 0 Å². The van der Waals surface area contributed by atoms with Crippen LogP contribution in [0.5, 0.6) is 0 Å². The van der Waals surface area contributed by atoms with E-state index in [4.69, 9.17) is 14.2 Å². The number of ether oxygens (including phenoxy) is 3. The van der Waals surface area contributed by atoms with Gasteiger partial charge in [-0.3, -0.25) is 0 Å². The van der Waals surface area contributed by atoms with Gasteiger partial charge in [0.15, 0.2) is 18.1 Å². The van der Waals surface area contributed by atoms with Crippen LogP contribution in [0.2, 0.25) is 0 Å². The van der Waals surface area contributed by atoms with Crippen molar-refractivity contribution in [2.75, 3.05) is 19.1 Å². The van der Waals surface area contributed by atoms with E-state index in [0.29, 0.717) is 0 Å². The van der Waals surface area contributed by atoms with E-state index in [1.807, 2.05) is 6.07 Å². The number of hydrogen-bond acceptors (Lipinski definition) is 4. The van der Waals surface area contributed by atoms with Crippen LogP contribution >= 0.6 is 0 Å². The number of methoxy groups -OCH3 is 1. The van der Waals surface area contributed by atoms with Gasteiger partial charge in [-0.15, -0.1) is 0 Å². The number of para-hydroxylation sites is 1. The molecule has 3 heterocycles. The van der Waals surface area contributed by atoms with Crippen molar-refractivity contribution in [3.8, 4) is 0 Å². The lowest BCUT2D eigenvalue weighted by Crippen LogP contribution is -2.23. The first-order valence-electron chi connectivity index (χ1n) is 5.47. The lowest BCUT2D eigenvalue weighted by Gasteiger charge is -2.14. The maximum atomic E-state index is 5.86. The Balaban J connectivity index is 1.79. The molecule has 1 aromatic carbocycles. The summed E-state index contributed by atoms with van der Waals surface area (Å²) in [5.74, 6) is 0. The Morgan fingerprint density at radius 1 is 1.38 bits per heavy atom. The summed E-state index contributed by atoms with van der Waals surface area (Å²) in [4.78, 5) is 2.17. The first kappa shape index (κ1) is 8.98. The highest BCUT2D eigenvalue weighted by molar-refractivity contribution is 5.66. The highest BCUT2D eigenvalue weighted by atomic mass is 16.8. The van der Waals surface area contributed by atoms with Crippen molar-refractivity contribution in [1.82, 2.24) is 0 Å². The number of anilines is 1. The largest absolute Gasteiger partial charge is 0.353 e. The summed E-state index contributed by atoms with van der Waals surface area (Å²) in [6.07, 6.45) is 0.0632. The van der Waals surface area contributed by atoms with E-state index in [-0.39, 0.29) is 24.2 Å². The molecule has 4 nitrogen and oxygen atoms in total. The van der Waals surface area contributed by atoms with Crippen molar-refractivity contribution in [2.24, 2.45) is 0 Å². The number of likely N-dealkylation sites (N-methyl/N-ethyl adjacent to an activating group) is 1. The number of benzene rings is 1. The molecule has 1 aromatic rings. The van der Waals surface area contributed by atoms with Crippen LogP contribution in [-0.2, 0) is 19.8 Å². The van der Waals surface area contributed by atoms with Gasteiger partial charge in [-0.05, 0) is 6.07 Å². The Labute approximate surface area is 93.7 Å². The summed E-state index contributed by atoms with van der Waals surface area (Å²) in [5.41, 5.74) is 2.20. The van der Waals surface area contributed by atoms with Crippen LogP contribution in [0.1, 0.15) is 5.56 Å². The van der Waals surface area contributed by atoms with Gasteiger partial charge in [0.05, 0.1) is 0 Å². The van der Waals surface area contributed by atoms with Crippen LogP contribution in [0.15, 0.2) is 24.3 Å². The molecule has 0 aliphatic carbocycles. The Morgan fingerprint density at radius 2 is 2.19 bits per heavy atom. The predicted octanol–water partition coefficient (Wildman–Crippen LogP) is 1.06. The molecule has 3 aliphatic heterocycles. The fraction of sp³-hybridized carbons (Fsp3) is 0.500. The smallest absolute Gasteiger partial charge is 0.187 e. The van der Waals surface area contributed by atoms with Crippen molar-refractivity contribution in [2.45, 2.75) is 24.2 Å². The van der Waals surface area contributed by atoms with Gasteiger partial charge in [-0.1, -0.05) is 18.2 Å². The summed E-state index contributed by atoms with van der Waals surface area (Å²) >= 11 is 0. The summed E-state index contributed by atoms with van der Waals surface area (Å²) in [7, 11) is 3.73. The van der Waals surface area contributed by atoms with Crippen molar-refractivity contribution in [1.29, 1.82) is 0 Å². The number of nitrogens with zero attached hydrogens (tertiary/aromatic N) is 1. The fourth-order valence-corrected chi connectivity index (χ4v) is 2.89. The Hall–Kier alpha value is -1.10. The number of epoxide rings is 2. The molecule has 2 unspecified atom stereocenters. The molecule has 0 saturated carbocycles. The van der Waals surface area contributed by atoms with E-state index >= 15 is 0 Å². The molecule has 0 amide bonds. The average molecular weight is 219 g/mol. The van der Waals surface area contributed by atoms with E-state index in [0.717, 1.165) is 0 Å². The first-order valence-corrected chi connectivity index (χ1v) is 5.47. The molecule has 0 aromatic heterocycles. The monoisotopic (exact) mass is 219 g/mol. The number of hydrogen-bond donors (Lipinski definition) is 0. The second-order valence-electron chi connectivity index (χ2n) is 4.55. The molecule has 0 N–H and O–H groups in total. The van der Waals surface area contributed by atoms with Gasteiger partial charge in [0, 0.05) is 25.4 Å². The zero-order chi connectivity index (χ0) is 10.9. The van der Waals surface area contributed by atoms with E-state index in [1.54, 1.807) is 7.11 Å². The van der Waals surface area contributed by atoms with E-state index in [2.05, 4.69) is 30.1 Å². The minimum absolute atomic E-state index is 0.0496. The van der Waals surface area contributed by atoms with Crippen molar-refractivity contribution in [3.63, 3.8) is 0 Å². The van der Waals surface area contributed by atoms with Gasteiger partial charge in [0.25, 0.3) is 0 Å². The van der Waals surface area contributed by atoms with E-state index in [9.17, 15) is 0 Å². The van der Waals surface area contributed by atoms with Crippen LogP contribution < -0.4 is 4.90 Å². The Bertz CT molecular complexity index is 463. The van der Waals surface area contributed by atoms with Gasteiger partial charge in [0.1, 0.15) is 6.10 Å². The Kier molecular flexibility index (Phi) is 1.45. The molecular formula is C12H13NO3. The van der Waals surface area contributed by atoms with Gasteiger partial charge in [-0.25, -0.2) is 0 Å².